The van der Waals surface area contributed by atoms with Crippen LogP contribution in [0.5, 0.6) is 0 Å². The van der Waals surface area contributed by atoms with Crippen LogP contribution in [0.1, 0.15) is 36.6 Å². The molecule has 3 rings (SSSR count). The van der Waals surface area contributed by atoms with Crippen LogP contribution in [-0.2, 0) is 13.1 Å². The highest BCUT2D eigenvalue weighted by Gasteiger charge is 2.26. The van der Waals surface area contributed by atoms with Crippen molar-refractivity contribution in [3.63, 3.8) is 0 Å². The molecule has 1 aromatic heterocycles. The molecule has 0 aliphatic carbocycles. The summed E-state index contributed by atoms with van der Waals surface area (Å²) in [5.74, 6) is 7.71. The first-order chi connectivity index (χ1) is 12.1. The number of amides is 2. The minimum absolute atomic E-state index is 0.0617. The summed E-state index contributed by atoms with van der Waals surface area (Å²) in [4.78, 5) is 16.1. The van der Waals surface area contributed by atoms with Crippen LogP contribution in [0.15, 0.2) is 24.3 Å². The van der Waals surface area contributed by atoms with Crippen molar-refractivity contribution < 1.29 is 4.79 Å². The van der Waals surface area contributed by atoms with E-state index in [0.717, 1.165) is 11.4 Å². The summed E-state index contributed by atoms with van der Waals surface area (Å²) < 4.78 is 2.01. The molecule has 0 fully saturated rings. The number of aromatic nitrogens is 3. The predicted octanol–water partition coefficient (Wildman–Crippen LogP) is 2.26. The van der Waals surface area contributed by atoms with Gasteiger partial charge in [-0.25, -0.2) is 4.79 Å². The third-order valence-electron chi connectivity index (χ3n) is 4.39. The van der Waals surface area contributed by atoms with Gasteiger partial charge in [-0.05, 0) is 44.4 Å². The monoisotopic (exact) mass is 337 g/mol. The molecule has 6 heteroatoms. The van der Waals surface area contributed by atoms with Crippen molar-refractivity contribution >= 4 is 6.03 Å². The Hall–Kier alpha value is -2.81. The third-order valence-corrected chi connectivity index (χ3v) is 4.39. The molecule has 0 unspecified atom stereocenters. The van der Waals surface area contributed by atoms with Gasteiger partial charge in [0.1, 0.15) is 0 Å². The lowest BCUT2D eigenvalue weighted by atomic mass is 10.1. The van der Waals surface area contributed by atoms with E-state index in [-0.39, 0.29) is 6.03 Å². The summed E-state index contributed by atoms with van der Waals surface area (Å²) in [6.07, 6.45) is 0. The molecule has 0 spiro atoms. The van der Waals surface area contributed by atoms with E-state index in [1.165, 1.54) is 5.56 Å². The highest BCUT2D eigenvalue weighted by molar-refractivity contribution is 5.74. The van der Waals surface area contributed by atoms with Gasteiger partial charge >= 0.3 is 6.03 Å². The molecule has 0 radical (unpaired) electrons. The number of nitrogens with zero attached hydrogens (tertiary/aromatic N) is 5. The van der Waals surface area contributed by atoms with Crippen molar-refractivity contribution in [2.45, 2.75) is 33.9 Å². The van der Waals surface area contributed by atoms with Gasteiger partial charge in [0.05, 0.1) is 6.54 Å². The number of carbonyl (C=O) groups is 1. The first-order valence-electron chi connectivity index (χ1n) is 8.67. The molecule has 0 saturated heterocycles. The molecule has 2 aromatic rings. The highest BCUT2D eigenvalue weighted by Crippen LogP contribution is 2.14. The molecule has 0 N–H and O–H groups in total. The molecule has 1 aliphatic heterocycles. The number of aryl methyl sites for hydroxylation is 1. The molecular weight excluding hydrogens is 314 g/mol. The summed E-state index contributed by atoms with van der Waals surface area (Å²) >= 11 is 0. The van der Waals surface area contributed by atoms with Gasteiger partial charge in [-0.15, -0.1) is 10.2 Å². The smallest absolute Gasteiger partial charge is 0.320 e. The number of rotatable bonds is 2. The zero-order valence-electron chi connectivity index (χ0n) is 15.0. The molecule has 6 nitrogen and oxygen atoms in total. The quantitative estimate of drug-likeness (QED) is 0.790. The van der Waals surface area contributed by atoms with E-state index in [1.54, 1.807) is 0 Å². The summed E-state index contributed by atoms with van der Waals surface area (Å²) in [6.45, 7) is 9.27. The van der Waals surface area contributed by atoms with Crippen LogP contribution in [0.25, 0.3) is 0 Å². The zero-order valence-corrected chi connectivity index (χ0v) is 15.0. The summed E-state index contributed by atoms with van der Waals surface area (Å²) in [7, 11) is 0. The van der Waals surface area contributed by atoms with Crippen molar-refractivity contribution in [3.8, 4) is 11.8 Å². The van der Waals surface area contributed by atoms with Gasteiger partial charge in [0.2, 0.25) is 5.82 Å². The average Bonchev–Trinajstić information content (AvgIpc) is 3.03. The van der Waals surface area contributed by atoms with Gasteiger partial charge in [-0.1, -0.05) is 18.1 Å². The fraction of sp³-hybridized carbons (Fsp3) is 0.421. The molecule has 0 saturated carbocycles. The van der Waals surface area contributed by atoms with Crippen molar-refractivity contribution in [3.05, 3.63) is 47.0 Å². The van der Waals surface area contributed by atoms with Gasteiger partial charge in [-0.3, -0.25) is 0 Å². The molecule has 130 valence electrons. The fourth-order valence-electron chi connectivity index (χ4n) is 2.96. The van der Waals surface area contributed by atoms with E-state index in [4.69, 9.17) is 0 Å². The van der Waals surface area contributed by atoms with E-state index in [2.05, 4.69) is 22.0 Å². The van der Waals surface area contributed by atoms with Crippen molar-refractivity contribution in [1.29, 1.82) is 0 Å². The van der Waals surface area contributed by atoms with Crippen LogP contribution in [0.3, 0.4) is 0 Å². The molecule has 1 aliphatic rings. The second-order valence-electron chi connectivity index (χ2n) is 6.09. The van der Waals surface area contributed by atoms with Crippen molar-refractivity contribution in [2.75, 3.05) is 19.6 Å². The summed E-state index contributed by atoms with van der Waals surface area (Å²) in [6, 6.07) is 8.13. The number of hydrogen-bond donors (Lipinski definition) is 0. The average molecular weight is 337 g/mol. The predicted molar refractivity (Wildman–Crippen MR) is 95.9 cm³/mol. The van der Waals surface area contributed by atoms with E-state index in [0.29, 0.717) is 38.5 Å². The Balaban J connectivity index is 1.76. The number of hydrogen-bond acceptors (Lipinski definition) is 3. The fourth-order valence-corrected chi connectivity index (χ4v) is 2.96. The Labute approximate surface area is 148 Å². The standard InChI is InChI=1S/C19H23N5O/c1-4-22(5-2)19(25)23-11-12-24-17(20-21-18(24)14-23)10-9-16-8-6-7-15(3)13-16/h6-8,13H,4-5,11-12,14H2,1-3H3. The van der Waals surface area contributed by atoms with Crippen LogP contribution in [0.2, 0.25) is 0 Å². The van der Waals surface area contributed by atoms with Crippen LogP contribution >= 0.6 is 0 Å². The van der Waals surface area contributed by atoms with E-state index in [1.807, 2.05) is 59.4 Å². The first-order valence-corrected chi connectivity index (χ1v) is 8.67. The molecular formula is C19H23N5O. The van der Waals surface area contributed by atoms with Gasteiger partial charge < -0.3 is 14.4 Å². The molecule has 1 aromatic carbocycles. The van der Waals surface area contributed by atoms with Crippen LogP contribution in [0.4, 0.5) is 4.79 Å². The van der Waals surface area contributed by atoms with Crippen molar-refractivity contribution in [2.24, 2.45) is 0 Å². The topological polar surface area (TPSA) is 54.3 Å². The Morgan fingerprint density at radius 1 is 1.20 bits per heavy atom. The SMILES string of the molecule is CCN(CC)C(=O)N1CCn2c(C#Cc3cccc(C)c3)nnc2C1. The summed E-state index contributed by atoms with van der Waals surface area (Å²) in [5.41, 5.74) is 2.15. The Bertz CT molecular complexity index is 826. The van der Waals surface area contributed by atoms with E-state index in [9.17, 15) is 4.79 Å². The lowest BCUT2D eigenvalue weighted by Crippen LogP contribution is -2.46. The first kappa shape index (κ1) is 17.0. The number of urea groups is 1. The molecule has 0 bridgehead atoms. The maximum atomic E-state index is 12.5. The van der Waals surface area contributed by atoms with Gasteiger partial charge in [0.25, 0.3) is 0 Å². The van der Waals surface area contributed by atoms with Crippen LogP contribution < -0.4 is 0 Å². The molecule has 2 heterocycles. The van der Waals surface area contributed by atoms with Crippen LogP contribution in [0, 0.1) is 18.8 Å². The zero-order chi connectivity index (χ0) is 17.8. The highest BCUT2D eigenvalue weighted by atomic mass is 16.2. The number of fused-ring (bicyclic) bond motifs is 1. The second kappa shape index (κ2) is 7.39. The number of benzene rings is 1. The summed E-state index contributed by atoms with van der Waals surface area (Å²) in [5, 5.41) is 8.43. The lowest BCUT2D eigenvalue weighted by Gasteiger charge is -2.32. The third kappa shape index (κ3) is 3.66. The minimum Gasteiger partial charge on any atom is -0.325 e. The maximum absolute atomic E-state index is 12.5. The number of carbonyl (C=O) groups excluding carboxylic acids is 1. The van der Waals surface area contributed by atoms with Gasteiger partial charge in [0, 0.05) is 31.7 Å². The largest absolute Gasteiger partial charge is 0.325 e. The Morgan fingerprint density at radius 2 is 2.00 bits per heavy atom. The molecule has 25 heavy (non-hydrogen) atoms. The van der Waals surface area contributed by atoms with E-state index < -0.39 is 0 Å². The van der Waals surface area contributed by atoms with Crippen molar-refractivity contribution in [1.82, 2.24) is 24.6 Å². The second-order valence-corrected chi connectivity index (χ2v) is 6.09. The normalized spacial score (nSPS) is 13.0. The Kier molecular flexibility index (Phi) is 5.03. The van der Waals surface area contributed by atoms with Gasteiger partial charge in [-0.2, -0.15) is 0 Å². The Morgan fingerprint density at radius 3 is 2.72 bits per heavy atom. The lowest BCUT2D eigenvalue weighted by molar-refractivity contribution is 0.143. The minimum atomic E-state index is 0.0617. The van der Waals surface area contributed by atoms with E-state index >= 15 is 0 Å². The molecule has 0 atom stereocenters. The molecule has 2 amide bonds. The van der Waals surface area contributed by atoms with Crippen LogP contribution in [-0.4, -0.2) is 50.2 Å². The maximum Gasteiger partial charge on any atom is 0.320 e. The van der Waals surface area contributed by atoms with Gasteiger partial charge in [0.15, 0.2) is 5.82 Å².